The number of halogens is 2. The number of fused-ring (bicyclic) bond motifs is 1. The molecule has 0 unspecified atom stereocenters. The molecule has 0 aliphatic carbocycles. The van der Waals surface area contributed by atoms with Crippen LogP contribution in [-0.4, -0.2) is 33.4 Å². The molecule has 0 spiro atoms. The summed E-state index contributed by atoms with van der Waals surface area (Å²) in [6, 6.07) is 9.68. The lowest BCUT2D eigenvalue weighted by Gasteiger charge is -2.22. The molecule has 6 nitrogen and oxygen atoms in total. The van der Waals surface area contributed by atoms with Gasteiger partial charge in [0.2, 0.25) is 11.7 Å². The second-order valence-corrected chi connectivity index (χ2v) is 6.81. The maximum absolute atomic E-state index is 12.2. The number of nitrogens with one attached hydrogen (secondary N) is 2. The van der Waals surface area contributed by atoms with Crippen molar-refractivity contribution >= 4 is 42.2 Å². The molecule has 4 rings (SSSR count). The molecule has 1 amide bonds. The summed E-state index contributed by atoms with van der Waals surface area (Å²) < 4.78 is 1.89. The molecule has 0 saturated carbocycles. The highest BCUT2D eigenvalue weighted by Crippen LogP contribution is 2.22. The molecule has 1 aliphatic rings. The second kappa shape index (κ2) is 10.4. The van der Waals surface area contributed by atoms with E-state index in [9.17, 15) is 4.79 Å². The Hall–Kier alpha value is -2.15. The fourth-order valence-electron chi connectivity index (χ4n) is 3.42. The first kappa shape index (κ1) is 22.1. The smallest absolute Gasteiger partial charge is 0.234 e. The summed E-state index contributed by atoms with van der Waals surface area (Å²) in [6.45, 7) is 2.15. The Bertz CT molecular complexity index is 858. The van der Waals surface area contributed by atoms with Gasteiger partial charge in [0.1, 0.15) is 0 Å². The zero-order valence-electron chi connectivity index (χ0n) is 15.5. The molecule has 0 radical (unpaired) electrons. The predicted molar refractivity (Wildman–Crippen MR) is 116 cm³/mol. The lowest BCUT2D eigenvalue weighted by Crippen LogP contribution is -2.28. The van der Waals surface area contributed by atoms with Crippen LogP contribution in [0.3, 0.4) is 0 Å². The number of benzene rings is 1. The number of aromatic nitrogens is 3. The van der Waals surface area contributed by atoms with E-state index in [2.05, 4.69) is 20.6 Å². The van der Waals surface area contributed by atoms with Gasteiger partial charge in [0, 0.05) is 36.3 Å². The van der Waals surface area contributed by atoms with Gasteiger partial charge in [-0.2, -0.15) is 0 Å². The van der Waals surface area contributed by atoms with Crippen molar-refractivity contribution in [1.82, 2.24) is 19.7 Å². The van der Waals surface area contributed by atoms with E-state index in [0.717, 1.165) is 36.5 Å². The monoisotopic (exact) mass is 421 g/mol. The molecule has 8 heteroatoms. The van der Waals surface area contributed by atoms with Crippen molar-refractivity contribution in [3.63, 3.8) is 0 Å². The van der Waals surface area contributed by atoms with E-state index in [1.165, 1.54) is 12.8 Å². The zero-order chi connectivity index (χ0) is 17.8. The van der Waals surface area contributed by atoms with Gasteiger partial charge in [-0.3, -0.25) is 9.20 Å². The maximum Gasteiger partial charge on any atom is 0.234 e. The molecule has 2 aromatic heterocycles. The molecular formula is C20H25Cl2N5O. The average molecular weight is 422 g/mol. The second-order valence-electron chi connectivity index (χ2n) is 6.81. The van der Waals surface area contributed by atoms with Crippen molar-refractivity contribution in [2.24, 2.45) is 5.92 Å². The molecule has 2 N–H and O–H groups in total. The molecule has 3 heterocycles. The number of amides is 1. The highest BCUT2D eigenvalue weighted by Gasteiger charge is 2.14. The molecule has 0 atom stereocenters. The maximum atomic E-state index is 12.2. The first-order valence-corrected chi connectivity index (χ1v) is 9.19. The number of hydrogen-bond acceptors (Lipinski definition) is 4. The summed E-state index contributed by atoms with van der Waals surface area (Å²) in [5, 5.41) is 6.35. The van der Waals surface area contributed by atoms with Crippen LogP contribution in [-0.2, 0) is 4.79 Å². The van der Waals surface area contributed by atoms with Crippen molar-refractivity contribution in [3.05, 3.63) is 48.9 Å². The van der Waals surface area contributed by atoms with Gasteiger partial charge < -0.3 is 10.6 Å². The lowest BCUT2D eigenvalue weighted by molar-refractivity contribution is -0.116. The van der Waals surface area contributed by atoms with Gasteiger partial charge in [-0.05, 0) is 56.5 Å². The lowest BCUT2D eigenvalue weighted by atomic mass is 9.93. The van der Waals surface area contributed by atoms with E-state index in [0.29, 0.717) is 18.1 Å². The van der Waals surface area contributed by atoms with Gasteiger partial charge in [-0.1, -0.05) is 12.1 Å². The van der Waals surface area contributed by atoms with Gasteiger partial charge in [0.05, 0.1) is 5.69 Å². The van der Waals surface area contributed by atoms with Gasteiger partial charge in [0.25, 0.3) is 0 Å². The van der Waals surface area contributed by atoms with E-state index in [1.54, 1.807) is 6.20 Å². The van der Waals surface area contributed by atoms with E-state index in [-0.39, 0.29) is 30.7 Å². The number of hydrogen-bond donors (Lipinski definition) is 2. The predicted octanol–water partition coefficient (Wildman–Crippen LogP) is 3.96. The van der Waals surface area contributed by atoms with Crippen molar-refractivity contribution in [3.8, 4) is 11.3 Å². The summed E-state index contributed by atoms with van der Waals surface area (Å²) in [6.07, 6.45) is 9.52. The molecule has 1 aromatic carbocycles. The molecule has 28 heavy (non-hydrogen) atoms. The molecule has 1 aliphatic heterocycles. The number of rotatable bonds is 5. The first-order chi connectivity index (χ1) is 12.8. The Labute approximate surface area is 177 Å². The fourth-order valence-corrected chi connectivity index (χ4v) is 3.42. The quantitative estimate of drug-likeness (QED) is 0.653. The van der Waals surface area contributed by atoms with Crippen molar-refractivity contribution in [2.75, 3.05) is 18.4 Å². The van der Waals surface area contributed by atoms with Crippen molar-refractivity contribution in [1.29, 1.82) is 0 Å². The fraction of sp³-hybridized carbons (Fsp3) is 0.350. The third kappa shape index (κ3) is 5.44. The minimum atomic E-state index is 0. The van der Waals surface area contributed by atoms with Crippen LogP contribution in [0.5, 0.6) is 0 Å². The van der Waals surface area contributed by atoms with Crippen LogP contribution in [0.4, 0.5) is 5.69 Å². The number of piperidine rings is 1. The Morgan fingerprint density at radius 3 is 2.64 bits per heavy atom. The van der Waals surface area contributed by atoms with E-state index in [4.69, 9.17) is 0 Å². The van der Waals surface area contributed by atoms with E-state index in [1.807, 2.05) is 47.1 Å². The Morgan fingerprint density at radius 2 is 1.93 bits per heavy atom. The van der Waals surface area contributed by atoms with Crippen LogP contribution >= 0.6 is 24.8 Å². The Morgan fingerprint density at radius 1 is 1.18 bits per heavy atom. The molecule has 0 bridgehead atoms. The molecule has 1 saturated heterocycles. The normalized spacial score (nSPS) is 14.1. The van der Waals surface area contributed by atoms with Crippen molar-refractivity contribution < 1.29 is 4.79 Å². The molecule has 150 valence electrons. The summed E-state index contributed by atoms with van der Waals surface area (Å²) in [4.78, 5) is 20.9. The molecule has 1 fully saturated rings. The van der Waals surface area contributed by atoms with Gasteiger partial charge in [-0.15, -0.1) is 24.8 Å². The highest BCUT2D eigenvalue weighted by molar-refractivity contribution is 5.91. The number of carbonyl (C=O) groups is 1. The van der Waals surface area contributed by atoms with Gasteiger partial charge in [0.15, 0.2) is 0 Å². The minimum absolute atomic E-state index is 0. The van der Waals surface area contributed by atoms with Crippen LogP contribution in [0, 0.1) is 5.92 Å². The number of nitrogens with zero attached hydrogens (tertiary/aromatic N) is 3. The van der Waals surface area contributed by atoms with E-state index >= 15 is 0 Å². The molecular weight excluding hydrogens is 397 g/mol. The van der Waals surface area contributed by atoms with Crippen LogP contribution in [0.15, 0.2) is 48.9 Å². The summed E-state index contributed by atoms with van der Waals surface area (Å²) in [5.41, 5.74) is 2.70. The van der Waals surface area contributed by atoms with Crippen LogP contribution in [0.1, 0.15) is 25.7 Å². The van der Waals surface area contributed by atoms with Crippen LogP contribution in [0.25, 0.3) is 17.0 Å². The third-order valence-corrected chi connectivity index (χ3v) is 4.94. The minimum Gasteiger partial charge on any atom is -0.326 e. The standard InChI is InChI=1S/C20H23N5O.2ClH/c26-19(7-2-15-8-11-21-12-9-15)23-17-5-3-16(4-6-17)18-14-25-13-1-10-22-20(25)24-18;;/h1,3-6,10,13-15,21H,2,7-9,11-12H2,(H,23,26);2*1H. The van der Waals surface area contributed by atoms with Gasteiger partial charge >= 0.3 is 0 Å². The van der Waals surface area contributed by atoms with Crippen LogP contribution < -0.4 is 10.6 Å². The number of anilines is 1. The van der Waals surface area contributed by atoms with Crippen molar-refractivity contribution in [2.45, 2.75) is 25.7 Å². The zero-order valence-corrected chi connectivity index (χ0v) is 17.1. The number of carbonyl (C=O) groups excluding carboxylic acids is 1. The van der Waals surface area contributed by atoms with E-state index < -0.39 is 0 Å². The first-order valence-electron chi connectivity index (χ1n) is 9.19. The number of imidazole rings is 1. The Kier molecular flexibility index (Phi) is 8.23. The largest absolute Gasteiger partial charge is 0.326 e. The van der Waals surface area contributed by atoms with Gasteiger partial charge in [-0.25, -0.2) is 9.97 Å². The summed E-state index contributed by atoms with van der Waals surface area (Å²) in [7, 11) is 0. The SMILES string of the molecule is Cl.Cl.O=C(CCC1CCNCC1)Nc1ccc(-c2cn3cccnc3n2)cc1. The average Bonchev–Trinajstić information content (AvgIpc) is 3.12. The topological polar surface area (TPSA) is 71.3 Å². The highest BCUT2D eigenvalue weighted by atomic mass is 35.5. The third-order valence-electron chi connectivity index (χ3n) is 4.94. The molecule has 3 aromatic rings. The summed E-state index contributed by atoms with van der Waals surface area (Å²) >= 11 is 0. The van der Waals surface area contributed by atoms with Crippen LogP contribution in [0.2, 0.25) is 0 Å². The summed E-state index contributed by atoms with van der Waals surface area (Å²) in [5.74, 6) is 1.44. The Balaban J connectivity index is 0.00000140.